The minimum atomic E-state index is -3.33. The highest BCUT2D eigenvalue weighted by Gasteiger charge is 2.16. The molecule has 0 radical (unpaired) electrons. The molecule has 0 aromatic heterocycles. The van der Waals surface area contributed by atoms with Crippen LogP contribution in [-0.2, 0) is 14.8 Å². The van der Waals surface area contributed by atoms with Gasteiger partial charge in [0, 0.05) is 29.7 Å². The average molecular weight is 375 g/mol. The summed E-state index contributed by atoms with van der Waals surface area (Å²) in [6.07, 6.45) is 2.70. The van der Waals surface area contributed by atoms with Crippen LogP contribution in [0.15, 0.2) is 35.3 Å². The number of carbonyl (C=O) groups is 1. The second kappa shape index (κ2) is 7.72. The summed E-state index contributed by atoms with van der Waals surface area (Å²) in [6.45, 7) is 5.79. The Labute approximate surface area is 134 Å². The van der Waals surface area contributed by atoms with Gasteiger partial charge in [-0.3, -0.25) is 4.79 Å². The number of anilines is 1. The molecule has 116 valence electrons. The van der Waals surface area contributed by atoms with E-state index in [2.05, 4.69) is 27.8 Å². The van der Waals surface area contributed by atoms with Crippen molar-refractivity contribution in [3.8, 4) is 0 Å². The van der Waals surface area contributed by atoms with Gasteiger partial charge >= 0.3 is 0 Å². The molecule has 7 heteroatoms. The van der Waals surface area contributed by atoms with Gasteiger partial charge in [0.05, 0.1) is 6.26 Å². The topological polar surface area (TPSA) is 66.5 Å². The first-order valence-electron chi connectivity index (χ1n) is 6.36. The number of sulfonamides is 1. The summed E-state index contributed by atoms with van der Waals surface area (Å²) in [6, 6.07) is 5.50. The van der Waals surface area contributed by atoms with Crippen molar-refractivity contribution in [1.82, 2.24) is 4.31 Å². The normalized spacial score (nSPS) is 11.4. The Bertz CT molecular complexity index is 629. The van der Waals surface area contributed by atoms with Crippen LogP contribution in [0, 0.1) is 6.92 Å². The van der Waals surface area contributed by atoms with Crippen molar-refractivity contribution in [2.24, 2.45) is 0 Å². The van der Waals surface area contributed by atoms with Crippen LogP contribution in [0.25, 0.3) is 0 Å². The maximum Gasteiger partial charge on any atom is 0.225 e. The van der Waals surface area contributed by atoms with E-state index in [4.69, 9.17) is 0 Å². The summed E-state index contributed by atoms with van der Waals surface area (Å²) in [5.41, 5.74) is 1.74. The van der Waals surface area contributed by atoms with E-state index in [1.54, 1.807) is 6.07 Å². The van der Waals surface area contributed by atoms with Crippen molar-refractivity contribution < 1.29 is 13.2 Å². The fraction of sp³-hybridized carbons (Fsp3) is 0.357. The molecule has 5 nitrogen and oxygen atoms in total. The van der Waals surface area contributed by atoms with E-state index in [0.29, 0.717) is 5.69 Å². The van der Waals surface area contributed by atoms with Crippen molar-refractivity contribution in [1.29, 1.82) is 0 Å². The summed E-state index contributed by atoms with van der Waals surface area (Å²) < 4.78 is 25.1. The summed E-state index contributed by atoms with van der Waals surface area (Å²) >= 11 is 3.39. The quantitative estimate of drug-likeness (QED) is 0.745. The Morgan fingerprint density at radius 3 is 2.67 bits per heavy atom. The Hall–Kier alpha value is -1.18. The summed E-state index contributed by atoms with van der Waals surface area (Å²) in [5.74, 6) is -0.233. The smallest absolute Gasteiger partial charge is 0.225 e. The van der Waals surface area contributed by atoms with Crippen LogP contribution in [0.3, 0.4) is 0 Å². The van der Waals surface area contributed by atoms with Crippen LogP contribution in [0.2, 0.25) is 0 Å². The van der Waals surface area contributed by atoms with Crippen molar-refractivity contribution >= 4 is 37.5 Å². The number of benzene rings is 1. The largest absolute Gasteiger partial charge is 0.326 e. The molecule has 0 saturated carbocycles. The van der Waals surface area contributed by atoms with Crippen LogP contribution < -0.4 is 5.32 Å². The second-order valence-electron chi connectivity index (χ2n) is 4.67. The van der Waals surface area contributed by atoms with Crippen LogP contribution in [-0.4, -0.2) is 38.0 Å². The van der Waals surface area contributed by atoms with E-state index >= 15 is 0 Å². The van der Waals surface area contributed by atoms with Crippen LogP contribution >= 0.6 is 15.9 Å². The number of hydrogen-bond donors (Lipinski definition) is 1. The predicted molar refractivity (Wildman–Crippen MR) is 88.7 cm³/mol. The lowest BCUT2D eigenvalue weighted by Crippen LogP contribution is -2.33. The molecule has 0 unspecified atom stereocenters. The van der Waals surface area contributed by atoms with Gasteiger partial charge in [-0.15, -0.1) is 6.58 Å². The third-order valence-electron chi connectivity index (χ3n) is 2.85. The Balaban J connectivity index is 2.60. The zero-order valence-corrected chi connectivity index (χ0v) is 14.5. The van der Waals surface area contributed by atoms with Crippen LogP contribution in [0.4, 0.5) is 5.69 Å². The number of amides is 1. The van der Waals surface area contributed by atoms with Crippen LogP contribution in [0.1, 0.15) is 12.0 Å². The molecule has 0 aliphatic rings. The van der Waals surface area contributed by atoms with Gasteiger partial charge in [0.25, 0.3) is 0 Å². The summed E-state index contributed by atoms with van der Waals surface area (Å²) in [4.78, 5) is 11.9. The number of carbonyl (C=O) groups excluding carboxylic acids is 1. The van der Waals surface area contributed by atoms with E-state index in [1.165, 1.54) is 10.4 Å². The lowest BCUT2D eigenvalue weighted by molar-refractivity contribution is -0.116. The van der Waals surface area contributed by atoms with Gasteiger partial charge in [-0.25, -0.2) is 8.42 Å². The van der Waals surface area contributed by atoms with Gasteiger partial charge < -0.3 is 5.32 Å². The van der Waals surface area contributed by atoms with Gasteiger partial charge in [-0.1, -0.05) is 28.1 Å². The summed E-state index contributed by atoms with van der Waals surface area (Å²) in [5, 5.41) is 2.74. The molecule has 0 heterocycles. The van der Waals surface area contributed by atoms with Crippen LogP contribution in [0.5, 0.6) is 0 Å². The first-order chi connectivity index (χ1) is 9.74. The van der Waals surface area contributed by atoms with Gasteiger partial charge in [0.2, 0.25) is 15.9 Å². The molecule has 1 amide bonds. The number of rotatable bonds is 7. The minimum Gasteiger partial charge on any atom is -0.326 e. The predicted octanol–water partition coefficient (Wildman–Crippen LogP) is 2.53. The van der Waals surface area contributed by atoms with E-state index in [0.717, 1.165) is 16.3 Å². The molecule has 0 aliphatic heterocycles. The van der Waals surface area contributed by atoms with Crippen molar-refractivity contribution in [3.63, 3.8) is 0 Å². The molecular weight excluding hydrogens is 356 g/mol. The molecule has 1 aromatic carbocycles. The van der Waals surface area contributed by atoms with Gasteiger partial charge in [-0.2, -0.15) is 4.31 Å². The maximum atomic E-state index is 11.9. The first kappa shape index (κ1) is 17.9. The Morgan fingerprint density at radius 2 is 2.14 bits per heavy atom. The average Bonchev–Trinajstić information content (AvgIpc) is 2.37. The number of nitrogens with one attached hydrogen (secondary N) is 1. The third-order valence-corrected chi connectivity index (χ3v) is 4.97. The van der Waals surface area contributed by atoms with E-state index in [1.807, 2.05) is 19.1 Å². The molecule has 1 rings (SSSR count). The van der Waals surface area contributed by atoms with E-state index in [9.17, 15) is 13.2 Å². The Kier molecular flexibility index (Phi) is 6.57. The van der Waals surface area contributed by atoms with E-state index in [-0.39, 0.29) is 25.4 Å². The molecule has 21 heavy (non-hydrogen) atoms. The minimum absolute atomic E-state index is 0.0897. The summed E-state index contributed by atoms with van der Waals surface area (Å²) in [7, 11) is -3.33. The van der Waals surface area contributed by atoms with Crippen molar-refractivity contribution in [2.45, 2.75) is 13.3 Å². The third kappa shape index (κ3) is 5.99. The SMILES string of the molecule is C=CCN(CCC(=O)Nc1ccc(C)c(Br)c1)S(C)(=O)=O. The zero-order valence-electron chi connectivity index (χ0n) is 12.1. The molecule has 1 N–H and O–H groups in total. The second-order valence-corrected chi connectivity index (χ2v) is 7.51. The highest BCUT2D eigenvalue weighted by molar-refractivity contribution is 9.10. The lowest BCUT2D eigenvalue weighted by atomic mass is 10.2. The van der Waals surface area contributed by atoms with Crippen molar-refractivity contribution in [3.05, 3.63) is 40.9 Å². The van der Waals surface area contributed by atoms with Gasteiger partial charge in [0.15, 0.2) is 0 Å². The van der Waals surface area contributed by atoms with E-state index < -0.39 is 10.0 Å². The fourth-order valence-electron chi connectivity index (χ4n) is 1.66. The molecule has 0 aliphatic carbocycles. The molecular formula is C14H19BrN2O3S. The zero-order chi connectivity index (χ0) is 16.0. The highest BCUT2D eigenvalue weighted by Crippen LogP contribution is 2.20. The molecule has 0 saturated heterocycles. The Morgan fingerprint density at radius 1 is 1.48 bits per heavy atom. The van der Waals surface area contributed by atoms with Gasteiger partial charge in [0.1, 0.15) is 0 Å². The molecule has 0 atom stereocenters. The first-order valence-corrected chi connectivity index (χ1v) is 9.00. The number of hydrogen-bond acceptors (Lipinski definition) is 3. The molecule has 1 aromatic rings. The van der Waals surface area contributed by atoms with Crippen molar-refractivity contribution in [2.75, 3.05) is 24.7 Å². The maximum absolute atomic E-state index is 11.9. The highest BCUT2D eigenvalue weighted by atomic mass is 79.9. The number of nitrogens with zero attached hydrogens (tertiary/aromatic N) is 1. The molecule has 0 fully saturated rings. The molecule has 0 spiro atoms. The lowest BCUT2D eigenvalue weighted by Gasteiger charge is -2.17. The number of halogens is 1. The standard InChI is InChI=1S/C14H19BrN2O3S/c1-4-8-17(21(3,19)20)9-7-14(18)16-12-6-5-11(2)13(15)10-12/h4-6,10H,1,7-9H2,2-3H3,(H,16,18). The number of aryl methyl sites for hydroxylation is 1. The van der Waals surface area contributed by atoms with Gasteiger partial charge in [-0.05, 0) is 24.6 Å². The monoisotopic (exact) mass is 374 g/mol. The molecule has 0 bridgehead atoms. The fourth-order valence-corrected chi connectivity index (χ4v) is 2.83.